The van der Waals surface area contributed by atoms with Crippen LogP contribution >= 0.6 is 11.3 Å². The molecule has 0 atom stereocenters. The smallest absolute Gasteiger partial charge is 0.348 e. The fourth-order valence-electron chi connectivity index (χ4n) is 2.44. The highest BCUT2D eigenvalue weighted by Gasteiger charge is 2.12. The molecule has 1 N–H and O–H groups in total. The van der Waals surface area contributed by atoms with Gasteiger partial charge in [0.1, 0.15) is 4.88 Å². The molecule has 0 saturated heterocycles. The Morgan fingerprint density at radius 3 is 2.40 bits per heavy atom. The standard InChI is InChI=1S/C19H18N2O3S/c1-21(2)15-7-4-12(5-8-15)18(22)20-14-6-9-16-13(10-14)11-17(25-16)19(23)24-3/h4-11H,1-3H3,(H,20,22). The minimum atomic E-state index is -0.354. The van der Waals surface area contributed by atoms with Gasteiger partial charge in [0.05, 0.1) is 7.11 Å². The lowest BCUT2D eigenvalue weighted by Gasteiger charge is -2.12. The topological polar surface area (TPSA) is 58.6 Å². The van der Waals surface area contributed by atoms with Crippen LogP contribution in [-0.4, -0.2) is 33.1 Å². The van der Waals surface area contributed by atoms with E-state index in [4.69, 9.17) is 4.74 Å². The number of carbonyl (C=O) groups excluding carboxylic acids is 2. The van der Waals surface area contributed by atoms with Gasteiger partial charge in [-0.2, -0.15) is 0 Å². The molecule has 0 aliphatic rings. The summed E-state index contributed by atoms with van der Waals surface area (Å²) in [6, 6.07) is 14.7. The summed E-state index contributed by atoms with van der Waals surface area (Å²) in [6.45, 7) is 0. The highest BCUT2D eigenvalue weighted by atomic mass is 32.1. The minimum absolute atomic E-state index is 0.173. The average molecular weight is 354 g/mol. The van der Waals surface area contributed by atoms with E-state index in [1.807, 2.05) is 49.3 Å². The third-order valence-corrected chi connectivity index (χ3v) is 4.90. The van der Waals surface area contributed by atoms with Gasteiger partial charge in [0, 0.05) is 35.7 Å². The van der Waals surface area contributed by atoms with E-state index >= 15 is 0 Å². The molecule has 25 heavy (non-hydrogen) atoms. The summed E-state index contributed by atoms with van der Waals surface area (Å²) in [4.78, 5) is 26.5. The summed E-state index contributed by atoms with van der Waals surface area (Å²) in [5.41, 5.74) is 2.31. The number of carbonyl (C=O) groups is 2. The lowest BCUT2D eigenvalue weighted by Crippen LogP contribution is -2.13. The van der Waals surface area contributed by atoms with Crippen LogP contribution in [0.4, 0.5) is 11.4 Å². The molecule has 3 aromatic rings. The molecule has 0 unspecified atom stereocenters. The molecule has 1 aromatic heterocycles. The second-order valence-electron chi connectivity index (χ2n) is 5.75. The van der Waals surface area contributed by atoms with Gasteiger partial charge in [0.2, 0.25) is 0 Å². The summed E-state index contributed by atoms with van der Waals surface area (Å²) in [7, 11) is 5.27. The predicted octanol–water partition coefficient (Wildman–Crippen LogP) is 4.01. The summed E-state index contributed by atoms with van der Waals surface area (Å²) in [5.74, 6) is -0.527. The van der Waals surface area contributed by atoms with Crippen molar-refractivity contribution in [2.45, 2.75) is 0 Å². The molecule has 2 aromatic carbocycles. The van der Waals surface area contributed by atoms with Crippen LogP contribution in [-0.2, 0) is 4.74 Å². The fourth-order valence-corrected chi connectivity index (χ4v) is 3.40. The van der Waals surface area contributed by atoms with Gasteiger partial charge in [-0.15, -0.1) is 11.3 Å². The molecule has 5 nitrogen and oxygen atoms in total. The third-order valence-electron chi connectivity index (χ3n) is 3.81. The molecule has 0 saturated carbocycles. The number of fused-ring (bicyclic) bond motifs is 1. The van der Waals surface area contributed by atoms with E-state index in [2.05, 4.69) is 5.32 Å². The van der Waals surface area contributed by atoms with Crippen LogP contribution in [0.1, 0.15) is 20.0 Å². The maximum absolute atomic E-state index is 12.4. The number of hydrogen-bond donors (Lipinski definition) is 1. The SMILES string of the molecule is COC(=O)c1cc2cc(NC(=O)c3ccc(N(C)C)cc3)ccc2s1. The van der Waals surface area contributed by atoms with Gasteiger partial charge in [-0.3, -0.25) is 4.79 Å². The second-order valence-corrected chi connectivity index (χ2v) is 6.83. The highest BCUT2D eigenvalue weighted by Crippen LogP contribution is 2.28. The highest BCUT2D eigenvalue weighted by molar-refractivity contribution is 7.20. The fraction of sp³-hybridized carbons (Fsp3) is 0.158. The summed E-state index contributed by atoms with van der Waals surface area (Å²) in [6.07, 6.45) is 0. The first-order valence-corrected chi connectivity index (χ1v) is 8.50. The number of benzene rings is 2. The molecule has 0 spiro atoms. The van der Waals surface area contributed by atoms with Gasteiger partial charge >= 0.3 is 5.97 Å². The molecular weight excluding hydrogens is 336 g/mol. The Morgan fingerprint density at radius 1 is 1.04 bits per heavy atom. The zero-order valence-electron chi connectivity index (χ0n) is 14.2. The Kier molecular flexibility index (Phi) is 4.72. The van der Waals surface area contributed by atoms with Gasteiger partial charge in [-0.25, -0.2) is 4.79 Å². The van der Waals surface area contributed by atoms with Crippen LogP contribution in [0.5, 0.6) is 0 Å². The molecular formula is C19H18N2O3S. The Morgan fingerprint density at radius 2 is 1.76 bits per heavy atom. The van der Waals surface area contributed by atoms with Crippen molar-refractivity contribution in [1.29, 1.82) is 0 Å². The summed E-state index contributed by atoms with van der Waals surface area (Å²) >= 11 is 1.37. The Labute approximate surface area is 149 Å². The lowest BCUT2D eigenvalue weighted by atomic mass is 10.1. The van der Waals surface area contributed by atoms with Gasteiger partial charge in [0.25, 0.3) is 5.91 Å². The lowest BCUT2D eigenvalue weighted by molar-refractivity contribution is 0.0606. The third kappa shape index (κ3) is 3.64. The van der Waals surface area contributed by atoms with Crippen molar-refractivity contribution < 1.29 is 14.3 Å². The zero-order valence-corrected chi connectivity index (χ0v) is 15.0. The zero-order chi connectivity index (χ0) is 18.0. The number of esters is 1. The first kappa shape index (κ1) is 17.0. The molecule has 128 valence electrons. The van der Waals surface area contributed by atoms with Crippen molar-refractivity contribution in [1.82, 2.24) is 0 Å². The second kappa shape index (κ2) is 6.94. The number of anilines is 2. The van der Waals surface area contributed by atoms with E-state index in [-0.39, 0.29) is 11.9 Å². The van der Waals surface area contributed by atoms with Crippen molar-refractivity contribution in [3.05, 3.63) is 59.0 Å². The maximum atomic E-state index is 12.4. The van der Waals surface area contributed by atoms with Crippen LogP contribution in [0.25, 0.3) is 10.1 Å². The van der Waals surface area contributed by atoms with Crippen LogP contribution in [0.2, 0.25) is 0 Å². The molecule has 3 rings (SSSR count). The number of thiophene rings is 1. The monoisotopic (exact) mass is 354 g/mol. The molecule has 6 heteroatoms. The number of amides is 1. The summed E-state index contributed by atoms with van der Waals surface area (Å²) in [5, 5.41) is 3.78. The number of rotatable bonds is 4. The number of nitrogens with zero attached hydrogens (tertiary/aromatic N) is 1. The van der Waals surface area contributed by atoms with Gasteiger partial charge in [-0.1, -0.05) is 0 Å². The Balaban J connectivity index is 1.79. The van der Waals surface area contributed by atoms with Crippen LogP contribution in [0, 0.1) is 0 Å². The minimum Gasteiger partial charge on any atom is -0.465 e. The van der Waals surface area contributed by atoms with E-state index in [1.165, 1.54) is 18.4 Å². The number of nitrogens with one attached hydrogen (secondary N) is 1. The molecule has 0 bridgehead atoms. The van der Waals surface area contributed by atoms with Crippen molar-refractivity contribution in [2.75, 3.05) is 31.4 Å². The van der Waals surface area contributed by atoms with Crippen molar-refractivity contribution >= 4 is 44.7 Å². The van der Waals surface area contributed by atoms with E-state index in [0.29, 0.717) is 16.1 Å². The average Bonchev–Trinajstić information content (AvgIpc) is 3.04. The predicted molar refractivity (Wildman–Crippen MR) is 102 cm³/mol. The van der Waals surface area contributed by atoms with Crippen molar-refractivity contribution in [3.63, 3.8) is 0 Å². The molecule has 0 aliphatic heterocycles. The largest absolute Gasteiger partial charge is 0.465 e. The van der Waals surface area contributed by atoms with Crippen molar-refractivity contribution in [2.24, 2.45) is 0 Å². The summed E-state index contributed by atoms with van der Waals surface area (Å²) < 4.78 is 5.71. The molecule has 0 fully saturated rings. The van der Waals surface area contributed by atoms with Gasteiger partial charge in [-0.05, 0) is 53.9 Å². The van der Waals surface area contributed by atoms with E-state index in [0.717, 1.165) is 15.8 Å². The molecule has 1 amide bonds. The number of hydrogen-bond acceptors (Lipinski definition) is 5. The Bertz CT molecular complexity index is 929. The van der Waals surface area contributed by atoms with E-state index < -0.39 is 0 Å². The maximum Gasteiger partial charge on any atom is 0.348 e. The normalized spacial score (nSPS) is 10.5. The van der Waals surface area contributed by atoms with E-state index in [1.54, 1.807) is 18.2 Å². The Hall–Kier alpha value is -2.86. The first-order chi connectivity index (χ1) is 12.0. The molecule has 0 radical (unpaired) electrons. The first-order valence-electron chi connectivity index (χ1n) is 7.68. The quantitative estimate of drug-likeness (QED) is 0.719. The van der Waals surface area contributed by atoms with E-state index in [9.17, 15) is 9.59 Å². The molecule has 1 heterocycles. The van der Waals surface area contributed by atoms with Crippen molar-refractivity contribution in [3.8, 4) is 0 Å². The number of ether oxygens (including phenoxy) is 1. The van der Waals surface area contributed by atoms with Crippen LogP contribution in [0.3, 0.4) is 0 Å². The van der Waals surface area contributed by atoms with Crippen LogP contribution in [0.15, 0.2) is 48.5 Å². The number of methoxy groups -OCH3 is 1. The molecule has 0 aliphatic carbocycles. The van der Waals surface area contributed by atoms with Gasteiger partial charge < -0.3 is 15.0 Å². The van der Waals surface area contributed by atoms with Gasteiger partial charge in [0.15, 0.2) is 0 Å². The van der Waals surface area contributed by atoms with Crippen LogP contribution < -0.4 is 10.2 Å².